The summed E-state index contributed by atoms with van der Waals surface area (Å²) >= 11 is 1.21. The summed E-state index contributed by atoms with van der Waals surface area (Å²) in [5.74, 6) is 0.484. The molecule has 0 unspecified atom stereocenters. The lowest BCUT2D eigenvalue weighted by molar-refractivity contribution is -0.145. The quantitative estimate of drug-likeness (QED) is 0.392. The van der Waals surface area contributed by atoms with Gasteiger partial charge >= 0.3 is 5.97 Å². The van der Waals surface area contributed by atoms with Crippen molar-refractivity contribution in [3.63, 3.8) is 0 Å². The van der Waals surface area contributed by atoms with E-state index in [9.17, 15) is 9.59 Å². The molecule has 0 spiro atoms. The molecule has 2 heterocycles. The summed E-state index contributed by atoms with van der Waals surface area (Å²) in [7, 11) is 0. The van der Waals surface area contributed by atoms with Crippen LogP contribution in [0.15, 0.2) is 58.3 Å². The minimum absolute atomic E-state index is 0.0288. The minimum atomic E-state index is -0.488. The van der Waals surface area contributed by atoms with Crippen molar-refractivity contribution in [1.82, 2.24) is 14.8 Å². The van der Waals surface area contributed by atoms with Gasteiger partial charge in [0.05, 0.1) is 12.0 Å². The number of furan rings is 1. The molecule has 0 N–H and O–H groups in total. The first kappa shape index (κ1) is 20.7. The smallest absolute Gasteiger partial charge is 0.316 e. The summed E-state index contributed by atoms with van der Waals surface area (Å²) in [6, 6.07) is 12.9. The molecule has 0 aliphatic rings. The van der Waals surface area contributed by atoms with Crippen LogP contribution in [0.3, 0.4) is 0 Å². The van der Waals surface area contributed by atoms with E-state index in [4.69, 9.17) is 9.15 Å². The van der Waals surface area contributed by atoms with Crippen molar-refractivity contribution in [2.45, 2.75) is 25.5 Å². The van der Waals surface area contributed by atoms with E-state index >= 15 is 0 Å². The van der Waals surface area contributed by atoms with Crippen molar-refractivity contribution < 1.29 is 18.7 Å². The van der Waals surface area contributed by atoms with Crippen LogP contribution in [0.2, 0.25) is 0 Å². The number of aromatic nitrogens is 3. The Morgan fingerprint density at radius 3 is 2.59 bits per heavy atom. The van der Waals surface area contributed by atoms with Crippen molar-refractivity contribution in [1.29, 1.82) is 0 Å². The number of rotatable bonds is 9. The van der Waals surface area contributed by atoms with Crippen LogP contribution in [0.5, 0.6) is 0 Å². The summed E-state index contributed by atoms with van der Waals surface area (Å²) in [5.41, 5.74) is 0.770. The predicted octanol–water partition coefficient (Wildman–Crippen LogP) is 3.25. The van der Waals surface area contributed by atoms with Gasteiger partial charge in [-0.2, -0.15) is 0 Å². The lowest BCUT2D eigenvalue weighted by Gasteiger charge is -2.20. The number of benzene rings is 1. The van der Waals surface area contributed by atoms with Gasteiger partial charge in [-0.05, 0) is 38.1 Å². The van der Waals surface area contributed by atoms with E-state index in [-0.39, 0.29) is 18.3 Å². The molecular formula is C20H22N4O4S. The maximum Gasteiger partial charge on any atom is 0.316 e. The SMILES string of the molecule is CCN(C(=O)COC(=O)CSc1nnc(-c2ccco2)n1CC)c1ccccc1. The Bertz CT molecular complexity index is 941. The molecule has 0 aliphatic heterocycles. The van der Waals surface area contributed by atoms with Gasteiger partial charge in [-0.1, -0.05) is 30.0 Å². The van der Waals surface area contributed by atoms with Gasteiger partial charge in [0, 0.05) is 18.8 Å². The predicted molar refractivity (Wildman–Crippen MR) is 110 cm³/mol. The fourth-order valence-corrected chi connectivity index (χ4v) is 3.56. The maximum atomic E-state index is 12.4. The Morgan fingerprint density at radius 2 is 1.93 bits per heavy atom. The molecule has 0 atom stereocenters. The Hall–Kier alpha value is -3.07. The molecule has 8 nitrogen and oxygen atoms in total. The second-order valence-electron chi connectivity index (χ2n) is 5.95. The van der Waals surface area contributed by atoms with Gasteiger partial charge in [-0.3, -0.25) is 14.2 Å². The number of anilines is 1. The maximum absolute atomic E-state index is 12.4. The van der Waals surface area contributed by atoms with Gasteiger partial charge in [0.1, 0.15) is 0 Å². The van der Waals surface area contributed by atoms with Crippen LogP contribution in [0.25, 0.3) is 11.6 Å². The Balaban J connectivity index is 1.53. The van der Waals surface area contributed by atoms with Crippen molar-refractivity contribution in [2.24, 2.45) is 0 Å². The fraction of sp³-hybridized carbons (Fsp3) is 0.300. The number of thioether (sulfide) groups is 1. The van der Waals surface area contributed by atoms with Gasteiger partial charge < -0.3 is 14.1 Å². The Kier molecular flexibility index (Phi) is 7.07. The normalized spacial score (nSPS) is 10.7. The zero-order valence-electron chi connectivity index (χ0n) is 16.3. The second kappa shape index (κ2) is 9.92. The molecule has 0 aliphatic carbocycles. The number of carbonyl (C=O) groups excluding carboxylic acids is 2. The molecule has 3 rings (SSSR count). The average molecular weight is 414 g/mol. The highest BCUT2D eigenvalue weighted by Gasteiger charge is 2.18. The van der Waals surface area contributed by atoms with Gasteiger partial charge in [-0.15, -0.1) is 10.2 Å². The first-order valence-electron chi connectivity index (χ1n) is 9.25. The number of carbonyl (C=O) groups is 2. The van der Waals surface area contributed by atoms with Crippen LogP contribution >= 0.6 is 11.8 Å². The molecule has 1 amide bonds. The van der Waals surface area contributed by atoms with Gasteiger partial charge in [0.25, 0.3) is 5.91 Å². The zero-order chi connectivity index (χ0) is 20.6. The van der Waals surface area contributed by atoms with Crippen molar-refractivity contribution in [3.05, 3.63) is 48.7 Å². The van der Waals surface area contributed by atoms with Crippen LogP contribution in [-0.4, -0.2) is 45.5 Å². The molecule has 152 valence electrons. The average Bonchev–Trinajstić information content (AvgIpc) is 3.41. The number of hydrogen-bond acceptors (Lipinski definition) is 7. The van der Waals surface area contributed by atoms with Gasteiger partial charge in [-0.25, -0.2) is 0 Å². The van der Waals surface area contributed by atoms with E-state index in [1.165, 1.54) is 11.8 Å². The number of para-hydroxylation sites is 1. The molecule has 0 fully saturated rings. The minimum Gasteiger partial charge on any atom is -0.461 e. The van der Waals surface area contributed by atoms with Gasteiger partial charge in [0.15, 0.2) is 23.3 Å². The molecule has 0 bridgehead atoms. The third-order valence-corrected chi connectivity index (χ3v) is 5.08. The molecule has 0 saturated carbocycles. The molecule has 3 aromatic rings. The summed E-state index contributed by atoms with van der Waals surface area (Å²) in [4.78, 5) is 26.1. The van der Waals surface area contributed by atoms with Crippen LogP contribution in [0.4, 0.5) is 5.69 Å². The number of amides is 1. The molecule has 1 aromatic carbocycles. The summed E-state index contributed by atoms with van der Waals surface area (Å²) < 4.78 is 12.4. The van der Waals surface area contributed by atoms with E-state index < -0.39 is 5.97 Å². The molecule has 9 heteroatoms. The zero-order valence-corrected chi connectivity index (χ0v) is 17.1. The highest BCUT2D eigenvalue weighted by atomic mass is 32.2. The number of esters is 1. The van der Waals surface area contributed by atoms with Gasteiger partial charge in [0.2, 0.25) is 0 Å². The highest BCUT2D eigenvalue weighted by Crippen LogP contribution is 2.24. The van der Waals surface area contributed by atoms with E-state index in [0.717, 1.165) is 5.69 Å². The first-order valence-corrected chi connectivity index (χ1v) is 10.2. The highest BCUT2D eigenvalue weighted by molar-refractivity contribution is 7.99. The number of ether oxygens (including phenoxy) is 1. The van der Waals surface area contributed by atoms with E-state index in [2.05, 4.69) is 10.2 Å². The standard InChI is InChI=1S/C20H22N4O4S/c1-3-23(15-9-6-5-7-10-15)17(25)13-28-18(26)14-29-20-22-21-19(24(20)4-2)16-11-8-12-27-16/h5-12H,3-4,13-14H2,1-2H3. The molecular weight excluding hydrogens is 392 g/mol. The lowest BCUT2D eigenvalue weighted by atomic mass is 10.3. The monoisotopic (exact) mass is 414 g/mol. The number of nitrogens with zero attached hydrogens (tertiary/aromatic N) is 4. The largest absolute Gasteiger partial charge is 0.461 e. The molecule has 29 heavy (non-hydrogen) atoms. The van der Waals surface area contributed by atoms with Crippen LogP contribution < -0.4 is 4.90 Å². The lowest BCUT2D eigenvalue weighted by Crippen LogP contribution is -2.34. The topological polar surface area (TPSA) is 90.5 Å². The summed E-state index contributed by atoms with van der Waals surface area (Å²) in [5, 5.41) is 8.84. The van der Waals surface area contributed by atoms with Crippen LogP contribution in [0.1, 0.15) is 13.8 Å². The third-order valence-electron chi connectivity index (χ3n) is 4.14. The van der Waals surface area contributed by atoms with E-state index in [0.29, 0.717) is 29.8 Å². The molecule has 0 radical (unpaired) electrons. The van der Waals surface area contributed by atoms with Crippen molar-refractivity contribution >= 4 is 29.3 Å². The van der Waals surface area contributed by atoms with E-state index in [1.807, 2.05) is 48.7 Å². The first-order chi connectivity index (χ1) is 14.1. The summed E-state index contributed by atoms with van der Waals surface area (Å²) in [6.45, 7) is 4.64. The van der Waals surface area contributed by atoms with Crippen LogP contribution in [0, 0.1) is 0 Å². The second-order valence-corrected chi connectivity index (χ2v) is 6.89. The fourth-order valence-electron chi connectivity index (χ4n) is 2.76. The van der Waals surface area contributed by atoms with E-state index in [1.54, 1.807) is 23.3 Å². The van der Waals surface area contributed by atoms with Crippen molar-refractivity contribution in [2.75, 3.05) is 23.8 Å². The van der Waals surface area contributed by atoms with Crippen LogP contribution in [-0.2, 0) is 20.9 Å². The Labute approximate surface area is 172 Å². The number of hydrogen-bond donors (Lipinski definition) is 0. The Morgan fingerprint density at radius 1 is 1.14 bits per heavy atom. The third kappa shape index (κ3) is 5.05. The molecule has 2 aromatic heterocycles. The molecule has 0 saturated heterocycles. The summed E-state index contributed by atoms with van der Waals surface area (Å²) in [6.07, 6.45) is 1.57. The number of likely N-dealkylation sites (N-methyl/N-ethyl adjacent to an activating group) is 1. The van der Waals surface area contributed by atoms with Crippen molar-refractivity contribution in [3.8, 4) is 11.6 Å².